The molecular formula is C13H17NO4. The van der Waals surface area contributed by atoms with Crippen LogP contribution < -0.4 is 5.32 Å². The summed E-state index contributed by atoms with van der Waals surface area (Å²) >= 11 is 0. The van der Waals surface area contributed by atoms with Gasteiger partial charge in [-0.1, -0.05) is 6.07 Å². The van der Waals surface area contributed by atoms with Crippen molar-refractivity contribution >= 4 is 17.6 Å². The lowest BCUT2D eigenvalue weighted by atomic mass is 10.1. The molecule has 0 amide bonds. The molecule has 0 aliphatic rings. The van der Waals surface area contributed by atoms with Crippen molar-refractivity contribution in [2.24, 2.45) is 0 Å². The normalized spacial score (nSPS) is 11.9. The van der Waals surface area contributed by atoms with E-state index >= 15 is 0 Å². The number of anilines is 1. The van der Waals surface area contributed by atoms with Gasteiger partial charge in [-0.25, -0.2) is 4.79 Å². The van der Waals surface area contributed by atoms with Crippen molar-refractivity contribution in [1.82, 2.24) is 0 Å². The van der Waals surface area contributed by atoms with Crippen LogP contribution in [0.15, 0.2) is 18.2 Å². The fourth-order valence-electron chi connectivity index (χ4n) is 1.59. The highest BCUT2D eigenvalue weighted by molar-refractivity contribution is 5.89. The average molecular weight is 251 g/mol. The first-order valence-electron chi connectivity index (χ1n) is 5.72. The van der Waals surface area contributed by atoms with Crippen LogP contribution in [0.1, 0.15) is 35.7 Å². The fraction of sp³-hybridized carbons (Fsp3) is 0.385. The Morgan fingerprint density at radius 1 is 1.33 bits per heavy atom. The number of rotatable bonds is 6. The van der Waals surface area contributed by atoms with Crippen LogP contribution in [0.4, 0.5) is 5.69 Å². The van der Waals surface area contributed by atoms with Gasteiger partial charge in [0.05, 0.1) is 5.56 Å². The molecule has 0 aliphatic heterocycles. The molecule has 0 aromatic heterocycles. The Labute approximate surface area is 105 Å². The van der Waals surface area contributed by atoms with Crippen molar-refractivity contribution < 1.29 is 19.8 Å². The molecule has 3 N–H and O–H groups in total. The Bertz CT molecular complexity index is 456. The van der Waals surface area contributed by atoms with E-state index < -0.39 is 11.9 Å². The molecule has 18 heavy (non-hydrogen) atoms. The van der Waals surface area contributed by atoms with Crippen molar-refractivity contribution in [3.63, 3.8) is 0 Å². The number of hydrogen-bond acceptors (Lipinski definition) is 3. The first-order chi connectivity index (χ1) is 8.40. The van der Waals surface area contributed by atoms with E-state index in [2.05, 4.69) is 5.32 Å². The topological polar surface area (TPSA) is 86.6 Å². The average Bonchev–Trinajstić information content (AvgIpc) is 2.29. The van der Waals surface area contributed by atoms with Crippen molar-refractivity contribution in [1.29, 1.82) is 0 Å². The molecule has 98 valence electrons. The molecule has 1 rings (SSSR count). The zero-order valence-electron chi connectivity index (χ0n) is 10.4. The van der Waals surface area contributed by atoms with Gasteiger partial charge in [-0.05, 0) is 38.0 Å². The van der Waals surface area contributed by atoms with E-state index in [-0.39, 0.29) is 18.0 Å². The number of hydrogen-bond donors (Lipinski definition) is 3. The lowest BCUT2D eigenvalue weighted by Crippen LogP contribution is -2.17. The van der Waals surface area contributed by atoms with E-state index in [1.807, 2.05) is 13.8 Å². The Morgan fingerprint density at radius 3 is 2.56 bits per heavy atom. The molecule has 1 aromatic rings. The predicted molar refractivity (Wildman–Crippen MR) is 68.1 cm³/mol. The van der Waals surface area contributed by atoms with Crippen molar-refractivity contribution in [3.05, 3.63) is 29.3 Å². The maximum Gasteiger partial charge on any atom is 0.335 e. The lowest BCUT2D eigenvalue weighted by Gasteiger charge is -2.16. The summed E-state index contributed by atoms with van der Waals surface area (Å²) in [6, 6.07) is 4.82. The molecule has 0 fully saturated rings. The zero-order chi connectivity index (χ0) is 13.7. The van der Waals surface area contributed by atoms with Gasteiger partial charge in [0, 0.05) is 18.2 Å². The number of nitrogens with one attached hydrogen (secondary N) is 1. The van der Waals surface area contributed by atoms with Gasteiger partial charge in [0.25, 0.3) is 0 Å². The molecule has 1 aromatic carbocycles. The molecule has 0 aliphatic carbocycles. The standard InChI is InChI=1S/C13H17NO4/c1-8-3-5-10(13(17)18)7-11(8)14-9(2)4-6-12(15)16/h3,5,7,9,14H,4,6H2,1-2H3,(H,15,16)(H,17,18). The van der Waals surface area contributed by atoms with E-state index in [1.165, 1.54) is 0 Å². The summed E-state index contributed by atoms with van der Waals surface area (Å²) in [6.45, 7) is 3.74. The third kappa shape index (κ3) is 4.08. The van der Waals surface area contributed by atoms with Gasteiger partial charge in [-0.2, -0.15) is 0 Å². The summed E-state index contributed by atoms with van der Waals surface area (Å²) in [5.41, 5.74) is 1.88. The Kier molecular flexibility index (Phi) is 4.71. The number of carboxylic acid groups (broad SMARTS) is 2. The minimum absolute atomic E-state index is 0.0242. The second kappa shape index (κ2) is 6.05. The van der Waals surface area contributed by atoms with E-state index in [1.54, 1.807) is 18.2 Å². The third-order valence-electron chi connectivity index (χ3n) is 2.68. The van der Waals surface area contributed by atoms with Gasteiger partial charge >= 0.3 is 11.9 Å². The van der Waals surface area contributed by atoms with Gasteiger partial charge in [-0.3, -0.25) is 4.79 Å². The SMILES string of the molecule is Cc1ccc(C(=O)O)cc1NC(C)CCC(=O)O. The van der Waals surface area contributed by atoms with Crippen molar-refractivity contribution in [3.8, 4) is 0 Å². The maximum atomic E-state index is 10.9. The highest BCUT2D eigenvalue weighted by Gasteiger charge is 2.09. The largest absolute Gasteiger partial charge is 0.481 e. The lowest BCUT2D eigenvalue weighted by molar-refractivity contribution is -0.137. The Hall–Kier alpha value is -2.04. The van der Waals surface area contributed by atoms with E-state index in [0.29, 0.717) is 6.42 Å². The van der Waals surface area contributed by atoms with Crippen LogP contribution in [-0.4, -0.2) is 28.2 Å². The van der Waals surface area contributed by atoms with Gasteiger partial charge in [0.2, 0.25) is 0 Å². The predicted octanol–water partition coefficient (Wildman–Crippen LogP) is 2.36. The highest BCUT2D eigenvalue weighted by atomic mass is 16.4. The molecule has 1 atom stereocenters. The van der Waals surface area contributed by atoms with Gasteiger partial charge in [-0.15, -0.1) is 0 Å². The summed E-state index contributed by atoms with van der Waals surface area (Å²) in [5, 5.41) is 20.6. The zero-order valence-corrected chi connectivity index (χ0v) is 10.4. The van der Waals surface area contributed by atoms with E-state index in [4.69, 9.17) is 10.2 Å². The quantitative estimate of drug-likeness (QED) is 0.722. The second-order valence-corrected chi connectivity index (χ2v) is 4.31. The number of aryl methyl sites for hydroxylation is 1. The van der Waals surface area contributed by atoms with Gasteiger partial charge < -0.3 is 15.5 Å². The van der Waals surface area contributed by atoms with Crippen molar-refractivity contribution in [2.75, 3.05) is 5.32 Å². The molecular weight excluding hydrogens is 234 g/mol. The van der Waals surface area contributed by atoms with Gasteiger partial charge in [0.15, 0.2) is 0 Å². The number of benzene rings is 1. The third-order valence-corrected chi connectivity index (χ3v) is 2.68. The van der Waals surface area contributed by atoms with Crippen LogP contribution in [0.25, 0.3) is 0 Å². The Balaban J connectivity index is 2.73. The van der Waals surface area contributed by atoms with Crippen LogP contribution in [0.2, 0.25) is 0 Å². The summed E-state index contributed by atoms with van der Waals surface area (Å²) in [6.07, 6.45) is 0.581. The van der Waals surface area contributed by atoms with Crippen molar-refractivity contribution in [2.45, 2.75) is 32.7 Å². The molecule has 0 spiro atoms. The molecule has 5 heteroatoms. The number of aromatic carboxylic acids is 1. The molecule has 0 heterocycles. The summed E-state index contributed by atoms with van der Waals surface area (Å²) < 4.78 is 0. The number of carbonyl (C=O) groups is 2. The van der Waals surface area contributed by atoms with Crippen LogP contribution in [0, 0.1) is 6.92 Å². The summed E-state index contributed by atoms with van der Waals surface area (Å²) in [5.74, 6) is -1.81. The second-order valence-electron chi connectivity index (χ2n) is 4.31. The molecule has 0 radical (unpaired) electrons. The summed E-state index contributed by atoms with van der Waals surface area (Å²) in [4.78, 5) is 21.3. The fourth-order valence-corrected chi connectivity index (χ4v) is 1.59. The smallest absolute Gasteiger partial charge is 0.335 e. The first-order valence-corrected chi connectivity index (χ1v) is 5.72. The highest BCUT2D eigenvalue weighted by Crippen LogP contribution is 2.19. The molecule has 0 saturated carbocycles. The Morgan fingerprint density at radius 2 is 2.00 bits per heavy atom. The first kappa shape index (κ1) is 14.0. The number of aliphatic carboxylic acids is 1. The minimum Gasteiger partial charge on any atom is -0.481 e. The molecule has 0 saturated heterocycles. The van der Waals surface area contributed by atoms with Crippen LogP contribution in [0.5, 0.6) is 0 Å². The van der Waals surface area contributed by atoms with Crippen LogP contribution >= 0.6 is 0 Å². The monoisotopic (exact) mass is 251 g/mol. The maximum absolute atomic E-state index is 10.9. The molecule has 1 unspecified atom stereocenters. The van der Waals surface area contributed by atoms with Gasteiger partial charge in [0.1, 0.15) is 0 Å². The van der Waals surface area contributed by atoms with E-state index in [0.717, 1.165) is 11.3 Å². The summed E-state index contributed by atoms with van der Waals surface area (Å²) in [7, 11) is 0. The molecule has 0 bridgehead atoms. The minimum atomic E-state index is -0.976. The van der Waals surface area contributed by atoms with Crippen LogP contribution in [-0.2, 0) is 4.79 Å². The number of carboxylic acids is 2. The molecule has 5 nitrogen and oxygen atoms in total. The van der Waals surface area contributed by atoms with E-state index in [9.17, 15) is 9.59 Å². The van der Waals surface area contributed by atoms with Crippen LogP contribution in [0.3, 0.4) is 0 Å².